The smallest absolute Gasteiger partial charge is 0.262 e. The molecular weight excluding hydrogens is 275 g/mol. The van der Waals surface area contributed by atoms with Crippen molar-refractivity contribution in [2.75, 3.05) is 12.8 Å². The number of nitrogens with zero attached hydrogens (tertiary/aromatic N) is 1. The van der Waals surface area contributed by atoms with E-state index in [1.807, 2.05) is 0 Å². The van der Waals surface area contributed by atoms with Crippen LogP contribution in [0.2, 0.25) is 10.0 Å². The van der Waals surface area contributed by atoms with Gasteiger partial charge in [0.05, 0.1) is 22.8 Å². The maximum Gasteiger partial charge on any atom is 0.262 e. The fourth-order valence-electron chi connectivity index (χ4n) is 1.34. The highest BCUT2D eigenvalue weighted by atomic mass is 35.5. The fourth-order valence-corrected chi connectivity index (χ4v) is 1.67. The van der Waals surface area contributed by atoms with E-state index in [9.17, 15) is 0 Å². The number of aromatic nitrogens is 1. The molecule has 0 fully saturated rings. The quantitative estimate of drug-likeness (QED) is 0.872. The first-order chi connectivity index (χ1) is 8.61. The lowest BCUT2D eigenvalue weighted by Gasteiger charge is -2.11. The van der Waals surface area contributed by atoms with Crippen LogP contribution in [0.4, 0.5) is 5.69 Å². The lowest BCUT2D eigenvalue weighted by atomic mass is 10.3. The minimum atomic E-state index is 0.310. The molecule has 0 saturated heterocycles. The van der Waals surface area contributed by atoms with Gasteiger partial charge in [0.25, 0.3) is 5.88 Å². The van der Waals surface area contributed by atoms with Crippen LogP contribution in [-0.2, 0) is 0 Å². The molecule has 18 heavy (non-hydrogen) atoms. The van der Waals surface area contributed by atoms with Crippen LogP contribution in [-0.4, -0.2) is 12.1 Å². The van der Waals surface area contributed by atoms with Crippen molar-refractivity contribution in [2.24, 2.45) is 0 Å². The molecule has 0 amide bonds. The molecule has 1 aromatic heterocycles. The molecule has 2 N–H and O–H groups in total. The van der Waals surface area contributed by atoms with Gasteiger partial charge in [-0.25, -0.2) is 4.98 Å². The maximum absolute atomic E-state index is 5.91. The molecule has 0 atom stereocenters. The number of nitrogens with two attached hydrogens (primary N) is 1. The molecule has 0 radical (unpaired) electrons. The Morgan fingerprint density at radius 3 is 2.61 bits per heavy atom. The van der Waals surface area contributed by atoms with Gasteiger partial charge in [0, 0.05) is 12.3 Å². The monoisotopic (exact) mass is 284 g/mol. The van der Waals surface area contributed by atoms with E-state index in [0.717, 1.165) is 0 Å². The Morgan fingerprint density at radius 2 is 1.89 bits per heavy atom. The van der Waals surface area contributed by atoms with Crippen LogP contribution in [0, 0.1) is 0 Å². The summed E-state index contributed by atoms with van der Waals surface area (Å²) in [6, 6.07) is 6.53. The highest BCUT2D eigenvalue weighted by Crippen LogP contribution is 2.36. The first-order valence-corrected chi connectivity index (χ1v) is 5.79. The third-order valence-corrected chi connectivity index (χ3v) is 2.94. The van der Waals surface area contributed by atoms with Crippen molar-refractivity contribution in [3.05, 3.63) is 40.5 Å². The number of halogens is 2. The van der Waals surface area contributed by atoms with Gasteiger partial charge in [0.2, 0.25) is 0 Å². The van der Waals surface area contributed by atoms with E-state index in [4.69, 9.17) is 38.4 Å². The standard InChI is InChI=1S/C12H10Cl2N2O2/c1-17-10-3-2-4-16-12(10)18-11-6-8(14)7(13)5-9(11)15/h2-6H,15H2,1H3. The van der Waals surface area contributed by atoms with Crippen molar-refractivity contribution >= 4 is 28.9 Å². The number of ether oxygens (including phenoxy) is 2. The summed E-state index contributed by atoms with van der Waals surface area (Å²) < 4.78 is 10.7. The van der Waals surface area contributed by atoms with Crippen LogP contribution in [0.3, 0.4) is 0 Å². The summed E-state index contributed by atoms with van der Waals surface area (Å²) in [5.74, 6) is 1.19. The Hall–Kier alpha value is -1.65. The topological polar surface area (TPSA) is 57.4 Å². The second kappa shape index (κ2) is 5.33. The van der Waals surface area contributed by atoms with Gasteiger partial charge >= 0.3 is 0 Å². The van der Waals surface area contributed by atoms with E-state index < -0.39 is 0 Å². The van der Waals surface area contributed by atoms with E-state index >= 15 is 0 Å². The second-order valence-electron chi connectivity index (χ2n) is 3.42. The summed E-state index contributed by atoms with van der Waals surface area (Å²) in [7, 11) is 1.53. The average molecular weight is 285 g/mol. The zero-order valence-electron chi connectivity index (χ0n) is 9.48. The van der Waals surface area contributed by atoms with Gasteiger partial charge in [-0.2, -0.15) is 0 Å². The van der Waals surface area contributed by atoms with Gasteiger partial charge in [0.15, 0.2) is 11.5 Å². The first kappa shape index (κ1) is 12.8. The fraction of sp³-hybridized carbons (Fsp3) is 0.0833. The number of rotatable bonds is 3. The third-order valence-electron chi connectivity index (χ3n) is 2.22. The highest BCUT2D eigenvalue weighted by Gasteiger charge is 2.11. The predicted octanol–water partition coefficient (Wildman–Crippen LogP) is 3.77. The van der Waals surface area contributed by atoms with Crippen molar-refractivity contribution in [1.29, 1.82) is 0 Å². The summed E-state index contributed by atoms with van der Waals surface area (Å²) >= 11 is 11.7. The number of hydrogen-bond acceptors (Lipinski definition) is 4. The molecule has 0 saturated carbocycles. The Balaban J connectivity index is 2.37. The summed E-state index contributed by atoms with van der Waals surface area (Å²) in [5.41, 5.74) is 6.17. The largest absolute Gasteiger partial charge is 0.491 e. The lowest BCUT2D eigenvalue weighted by Crippen LogP contribution is -1.96. The van der Waals surface area contributed by atoms with Gasteiger partial charge in [-0.15, -0.1) is 0 Å². The molecule has 94 valence electrons. The van der Waals surface area contributed by atoms with Crippen LogP contribution in [0.15, 0.2) is 30.5 Å². The number of hydrogen-bond donors (Lipinski definition) is 1. The van der Waals surface area contributed by atoms with E-state index in [-0.39, 0.29) is 0 Å². The molecule has 0 bridgehead atoms. The minimum absolute atomic E-state index is 0.310. The second-order valence-corrected chi connectivity index (χ2v) is 4.23. The number of anilines is 1. The molecule has 0 spiro atoms. The van der Waals surface area contributed by atoms with Crippen LogP contribution >= 0.6 is 23.2 Å². The summed E-state index contributed by atoms with van der Waals surface area (Å²) in [5, 5.41) is 0.727. The van der Waals surface area contributed by atoms with Crippen LogP contribution in [0.25, 0.3) is 0 Å². The molecule has 4 nitrogen and oxygen atoms in total. The lowest BCUT2D eigenvalue weighted by molar-refractivity contribution is 0.370. The Bertz CT molecular complexity index is 576. The van der Waals surface area contributed by atoms with Crippen LogP contribution in [0.5, 0.6) is 17.4 Å². The van der Waals surface area contributed by atoms with E-state index in [1.54, 1.807) is 18.3 Å². The van der Waals surface area contributed by atoms with Gasteiger partial charge in [-0.05, 0) is 18.2 Å². The highest BCUT2D eigenvalue weighted by molar-refractivity contribution is 6.42. The molecule has 0 unspecified atom stereocenters. The SMILES string of the molecule is COc1cccnc1Oc1cc(Cl)c(Cl)cc1N. The molecule has 2 aromatic rings. The molecule has 1 aromatic carbocycles. The predicted molar refractivity (Wildman–Crippen MR) is 71.7 cm³/mol. The average Bonchev–Trinajstić information content (AvgIpc) is 2.36. The van der Waals surface area contributed by atoms with Crippen LogP contribution in [0.1, 0.15) is 0 Å². The summed E-state index contributed by atoms with van der Waals surface area (Å²) in [4.78, 5) is 4.06. The van der Waals surface area contributed by atoms with Gasteiger partial charge in [-0.1, -0.05) is 23.2 Å². The number of pyridine rings is 1. The Kier molecular flexibility index (Phi) is 3.79. The number of nitrogen functional groups attached to an aromatic ring is 1. The van der Waals surface area contributed by atoms with Crippen LogP contribution < -0.4 is 15.2 Å². The first-order valence-electron chi connectivity index (χ1n) is 5.03. The molecule has 2 rings (SSSR count). The van der Waals surface area contributed by atoms with E-state index in [2.05, 4.69) is 4.98 Å². The zero-order chi connectivity index (χ0) is 13.1. The molecule has 0 aliphatic heterocycles. The Morgan fingerprint density at radius 1 is 1.17 bits per heavy atom. The van der Waals surface area contributed by atoms with Crippen molar-refractivity contribution in [2.45, 2.75) is 0 Å². The van der Waals surface area contributed by atoms with Crippen molar-refractivity contribution in [3.63, 3.8) is 0 Å². The number of benzene rings is 1. The maximum atomic E-state index is 5.91. The summed E-state index contributed by atoms with van der Waals surface area (Å²) in [6.45, 7) is 0. The van der Waals surface area contributed by atoms with Gasteiger partial charge < -0.3 is 15.2 Å². The number of methoxy groups -OCH3 is 1. The van der Waals surface area contributed by atoms with Crippen molar-refractivity contribution in [3.8, 4) is 17.4 Å². The zero-order valence-corrected chi connectivity index (χ0v) is 11.0. The molecule has 1 heterocycles. The van der Waals surface area contributed by atoms with Gasteiger partial charge in [0.1, 0.15) is 0 Å². The van der Waals surface area contributed by atoms with E-state index in [0.29, 0.717) is 33.1 Å². The normalized spacial score (nSPS) is 10.2. The molecule has 6 heteroatoms. The Labute approximate surface area is 114 Å². The third kappa shape index (κ3) is 2.60. The van der Waals surface area contributed by atoms with Crippen molar-refractivity contribution in [1.82, 2.24) is 4.98 Å². The molecule has 0 aliphatic carbocycles. The molecule has 0 aliphatic rings. The van der Waals surface area contributed by atoms with Crippen molar-refractivity contribution < 1.29 is 9.47 Å². The van der Waals surface area contributed by atoms with E-state index in [1.165, 1.54) is 19.2 Å². The summed E-state index contributed by atoms with van der Waals surface area (Å²) in [6.07, 6.45) is 1.59. The minimum Gasteiger partial charge on any atom is -0.491 e. The molecular formula is C12H10Cl2N2O2. The van der Waals surface area contributed by atoms with Gasteiger partial charge in [-0.3, -0.25) is 0 Å².